The highest BCUT2D eigenvalue weighted by Crippen LogP contribution is 2.17. The number of amides is 1. The molecule has 1 heterocycles. The average Bonchev–Trinajstić information content (AvgIpc) is 2.82. The molecule has 2 N–H and O–H groups in total. The highest BCUT2D eigenvalue weighted by atomic mass is 16.1. The van der Waals surface area contributed by atoms with E-state index in [1.165, 1.54) is 0 Å². The zero-order valence-corrected chi connectivity index (χ0v) is 11.4. The predicted octanol–water partition coefficient (Wildman–Crippen LogP) is 1.70. The smallest absolute Gasteiger partial charge is 0.251 e. The van der Waals surface area contributed by atoms with Gasteiger partial charge in [-0.3, -0.25) is 9.48 Å². The molecule has 1 amide bonds. The molecule has 0 saturated carbocycles. The number of aromatic nitrogens is 2. The molecule has 0 unspecified atom stereocenters. The van der Waals surface area contributed by atoms with Crippen LogP contribution in [0.2, 0.25) is 0 Å². The normalized spacial score (nSPS) is 10.3. The zero-order chi connectivity index (χ0) is 13.8. The molecule has 19 heavy (non-hydrogen) atoms. The molecular formula is C14H18N4O. The number of carbonyl (C=O) groups is 1. The molecule has 1 aromatic heterocycles. The minimum Gasteiger partial charge on any atom is -0.381 e. The first-order valence-electron chi connectivity index (χ1n) is 6.14. The minimum absolute atomic E-state index is 0.0792. The van der Waals surface area contributed by atoms with Crippen LogP contribution in [-0.4, -0.2) is 22.7 Å². The Hall–Kier alpha value is -2.30. The van der Waals surface area contributed by atoms with Crippen molar-refractivity contribution in [2.45, 2.75) is 13.5 Å². The van der Waals surface area contributed by atoms with Crippen LogP contribution in [0.4, 0.5) is 5.69 Å². The summed E-state index contributed by atoms with van der Waals surface area (Å²) in [4.78, 5) is 11.6. The van der Waals surface area contributed by atoms with Gasteiger partial charge in [0.25, 0.3) is 5.91 Å². The number of rotatable bonds is 4. The average molecular weight is 258 g/mol. The molecule has 100 valence electrons. The summed E-state index contributed by atoms with van der Waals surface area (Å²) in [5, 5.41) is 10.1. The lowest BCUT2D eigenvalue weighted by Gasteiger charge is -2.10. The monoisotopic (exact) mass is 258 g/mol. The van der Waals surface area contributed by atoms with Gasteiger partial charge in [0.15, 0.2) is 0 Å². The fourth-order valence-electron chi connectivity index (χ4n) is 1.86. The lowest BCUT2D eigenvalue weighted by molar-refractivity contribution is 0.0963. The van der Waals surface area contributed by atoms with Crippen LogP contribution in [0.1, 0.15) is 21.5 Å². The van der Waals surface area contributed by atoms with Gasteiger partial charge in [-0.2, -0.15) is 5.10 Å². The van der Waals surface area contributed by atoms with E-state index in [-0.39, 0.29) is 5.91 Å². The van der Waals surface area contributed by atoms with E-state index in [0.717, 1.165) is 16.8 Å². The summed E-state index contributed by atoms with van der Waals surface area (Å²) in [6.07, 6.45) is 3.79. The Bertz CT molecular complexity index is 589. The molecule has 0 atom stereocenters. The predicted molar refractivity (Wildman–Crippen MR) is 75.1 cm³/mol. The van der Waals surface area contributed by atoms with Gasteiger partial charge in [0, 0.05) is 43.7 Å². The Labute approximate surface area is 112 Å². The molecule has 1 aromatic carbocycles. The standard InChI is InChI=1S/C14H18N4O/c1-10-4-5-12(14(19)15-2)6-13(10)16-7-11-8-17-18(3)9-11/h4-6,8-9,16H,7H2,1-3H3,(H,15,19). The molecule has 5 nitrogen and oxygen atoms in total. The lowest BCUT2D eigenvalue weighted by Crippen LogP contribution is -2.18. The van der Waals surface area contributed by atoms with Gasteiger partial charge in [-0.1, -0.05) is 6.07 Å². The van der Waals surface area contributed by atoms with E-state index in [1.807, 2.05) is 44.6 Å². The minimum atomic E-state index is -0.0792. The van der Waals surface area contributed by atoms with Crippen LogP contribution in [0.5, 0.6) is 0 Å². The summed E-state index contributed by atoms with van der Waals surface area (Å²) in [5.41, 5.74) is 3.83. The van der Waals surface area contributed by atoms with Crippen molar-refractivity contribution in [1.29, 1.82) is 0 Å². The molecule has 0 aliphatic rings. The van der Waals surface area contributed by atoms with Crippen LogP contribution < -0.4 is 10.6 Å². The first kappa shape index (κ1) is 13.1. The molecule has 2 aromatic rings. The Kier molecular flexibility index (Phi) is 3.85. The molecular weight excluding hydrogens is 240 g/mol. The van der Waals surface area contributed by atoms with Gasteiger partial charge >= 0.3 is 0 Å². The number of aryl methyl sites for hydroxylation is 2. The fraction of sp³-hybridized carbons (Fsp3) is 0.286. The van der Waals surface area contributed by atoms with E-state index in [4.69, 9.17) is 0 Å². The summed E-state index contributed by atoms with van der Waals surface area (Å²) in [6.45, 7) is 2.70. The summed E-state index contributed by atoms with van der Waals surface area (Å²) in [6, 6.07) is 5.63. The van der Waals surface area contributed by atoms with Crippen LogP contribution in [0.15, 0.2) is 30.6 Å². The maximum atomic E-state index is 11.6. The van der Waals surface area contributed by atoms with Crippen LogP contribution in [0.25, 0.3) is 0 Å². The van der Waals surface area contributed by atoms with Crippen molar-refractivity contribution in [3.8, 4) is 0 Å². The van der Waals surface area contributed by atoms with Gasteiger partial charge in [-0.15, -0.1) is 0 Å². The van der Waals surface area contributed by atoms with Crippen molar-refractivity contribution in [3.63, 3.8) is 0 Å². The molecule has 0 fully saturated rings. The molecule has 0 aliphatic carbocycles. The number of hydrogen-bond donors (Lipinski definition) is 2. The van der Waals surface area contributed by atoms with Crippen LogP contribution in [0, 0.1) is 6.92 Å². The van der Waals surface area contributed by atoms with Gasteiger partial charge < -0.3 is 10.6 Å². The summed E-state index contributed by atoms with van der Waals surface area (Å²) < 4.78 is 1.77. The van der Waals surface area contributed by atoms with E-state index in [2.05, 4.69) is 15.7 Å². The largest absolute Gasteiger partial charge is 0.381 e. The van der Waals surface area contributed by atoms with E-state index in [0.29, 0.717) is 12.1 Å². The van der Waals surface area contributed by atoms with Crippen molar-refractivity contribution in [3.05, 3.63) is 47.3 Å². The molecule has 0 radical (unpaired) electrons. The zero-order valence-electron chi connectivity index (χ0n) is 11.4. The summed E-state index contributed by atoms with van der Waals surface area (Å²) in [7, 11) is 3.52. The van der Waals surface area contributed by atoms with Crippen LogP contribution >= 0.6 is 0 Å². The fourth-order valence-corrected chi connectivity index (χ4v) is 1.86. The number of carbonyl (C=O) groups excluding carboxylic acids is 1. The topological polar surface area (TPSA) is 59.0 Å². The molecule has 0 spiro atoms. The first-order valence-corrected chi connectivity index (χ1v) is 6.14. The quantitative estimate of drug-likeness (QED) is 0.877. The van der Waals surface area contributed by atoms with Crippen molar-refractivity contribution >= 4 is 11.6 Å². The Morgan fingerprint density at radius 2 is 2.21 bits per heavy atom. The van der Waals surface area contributed by atoms with Gasteiger partial charge in [0.05, 0.1) is 6.20 Å². The van der Waals surface area contributed by atoms with Crippen molar-refractivity contribution in [2.24, 2.45) is 7.05 Å². The van der Waals surface area contributed by atoms with Gasteiger partial charge in [-0.05, 0) is 24.6 Å². The number of anilines is 1. The van der Waals surface area contributed by atoms with Crippen LogP contribution in [0.3, 0.4) is 0 Å². The van der Waals surface area contributed by atoms with Gasteiger partial charge in [0.2, 0.25) is 0 Å². The molecule has 0 aliphatic heterocycles. The number of nitrogens with one attached hydrogen (secondary N) is 2. The Morgan fingerprint density at radius 3 is 2.84 bits per heavy atom. The second-order valence-corrected chi connectivity index (χ2v) is 4.48. The number of benzene rings is 1. The molecule has 5 heteroatoms. The third-order valence-corrected chi connectivity index (χ3v) is 2.97. The summed E-state index contributed by atoms with van der Waals surface area (Å²) >= 11 is 0. The highest BCUT2D eigenvalue weighted by Gasteiger charge is 2.06. The van der Waals surface area contributed by atoms with Crippen molar-refractivity contribution in [2.75, 3.05) is 12.4 Å². The second kappa shape index (κ2) is 5.56. The SMILES string of the molecule is CNC(=O)c1ccc(C)c(NCc2cnn(C)c2)c1. The van der Waals surface area contributed by atoms with Crippen molar-refractivity contribution in [1.82, 2.24) is 15.1 Å². The lowest BCUT2D eigenvalue weighted by atomic mass is 10.1. The van der Waals surface area contributed by atoms with E-state index < -0.39 is 0 Å². The Morgan fingerprint density at radius 1 is 1.42 bits per heavy atom. The van der Waals surface area contributed by atoms with E-state index in [9.17, 15) is 4.79 Å². The molecule has 0 bridgehead atoms. The number of nitrogens with zero attached hydrogens (tertiary/aromatic N) is 2. The van der Waals surface area contributed by atoms with E-state index >= 15 is 0 Å². The van der Waals surface area contributed by atoms with Gasteiger partial charge in [0.1, 0.15) is 0 Å². The molecule has 2 rings (SSSR count). The maximum Gasteiger partial charge on any atom is 0.251 e. The highest BCUT2D eigenvalue weighted by molar-refractivity contribution is 5.95. The second-order valence-electron chi connectivity index (χ2n) is 4.48. The number of hydrogen-bond acceptors (Lipinski definition) is 3. The maximum absolute atomic E-state index is 11.6. The third kappa shape index (κ3) is 3.13. The third-order valence-electron chi connectivity index (χ3n) is 2.97. The first-order chi connectivity index (χ1) is 9.10. The molecule has 0 saturated heterocycles. The Balaban J connectivity index is 2.12. The van der Waals surface area contributed by atoms with Crippen LogP contribution in [-0.2, 0) is 13.6 Å². The van der Waals surface area contributed by atoms with E-state index in [1.54, 1.807) is 11.7 Å². The van der Waals surface area contributed by atoms with Gasteiger partial charge in [-0.25, -0.2) is 0 Å². The van der Waals surface area contributed by atoms with Crippen molar-refractivity contribution < 1.29 is 4.79 Å². The summed E-state index contributed by atoms with van der Waals surface area (Å²) in [5.74, 6) is -0.0792.